The second-order valence-electron chi connectivity index (χ2n) is 7.86. The van der Waals surface area contributed by atoms with Crippen LogP contribution in [-0.4, -0.2) is 29.2 Å². The summed E-state index contributed by atoms with van der Waals surface area (Å²) in [6, 6.07) is 3.71. The van der Waals surface area contributed by atoms with E-state index in [2.05, 4.69) is 34.6 Å². The number of rotatable bonds is 4. The highest BCUT2D eigenvalue weighted by Gasteiger charge is 2.28. The zero-order valence-corrected chi connectivity index (χ0v) is 13.9. The summed E-state index contributed by atoms with van der Waals surface area (Å²) in [7, 11) is 3.90. The Morgan fingerprint density at radius 3 is 2.00 bits per heavy atom. The van der Waals surface area contributed by atoms with Crippen molar-refractivity contribution < 1.29 is 10.2 Å². The molecule has 114 valence electrons. The van der Waals surface area contributed by atoms with E-state index in [4.69, 9.17) is 0 Å². The van der Waals surface area contributed by atoms with Crippen LogP contribution in [0.15, 0.2) is 12.1 Å². The van der Waals surface area contributed by atoms with Gasteiger partial charge in [0.05, 0.1) is 0 Å². The van der Waals surface area contributed by atoms with Crippen molar-refractivity contribution in [3.8, 4) is 11.5 Å². The van der Waals surface area contributed by atoms with E-state index in [9.17, 15) is 10.2 Å². The van der Waals surface area contributed by atoms with Crippen LogP contribution in [0.5, 0.6) is 11.5 Å². The van der Waals surface area contributed by atoms with Crippen molar-refractivity contribution >= 4 is 0 Å². The summed E-state index contributed by atoms with van der Waals surface area (Å²) in [4.78, 5) is 1.98. The summed E-state index contributed by atoms with van der Waals surface area (Å²) in [6.07, 6.45) is 1.01. The fourth-order valence-electron chi connectivity index (χ4n) is 2.96. The molecule has 0 aliphatic heterocycles. The summed E-state index contributed by atoms with van der Waals surface area (Å²) >= 11 is 0. The van der Waals surface area contributed by atoms with Gasteiger partial charge in [-0.25, -0.2) is 0 Å². The molecule has 0 spiro atoms. The molecule has 0 radical (unpaired) electrons. The third kappa shape index (κ3) is 4.41. The standard InChI is InChI=1S/C17H29NO2/c1-16(2,3)11-17(4,5)13-8-12(10-18(6)7)15(20)14(19)9-13/h8-9,19-20H,10-11H2,1-7H3. The van der Waals surface area contributed by atoms with Gasteiger partial charge in [-0.2, -0.15) is 0 Å². The van der Waals surface area contributed by atoms with E-state index in [-0.39, 0.29) is 22.3 Å². The third-order valence-corrected chi connectivity index (χ3v) is 3.41. The molecule has 0 unspecified atom stereocenters. The van der Waals surface area contributed by atoms with Crippen molar-refractivity contribution in [3.63, 3.8) is 0 Å². The molecular weight excluding hydrogens is 250 g/mol. The summed E-state index contributed by atoms with van der Waals surface area (Å²) < 4.78 is 0. The predicted molar refractivity (Wildman–Crippen MR) is 84.3 cm³/mol. The third-order valence-electron chi connectivity index (χ3n) is 3.41. The molecule has 3 nitrogen and oxygen atoms in total. The van der Waals surface area contributed by atoms with Crippen molar-refractivity contribution in [2.75, 3.05) is 14.1 Å². The van der Waals surface area contributed by atoms with Gasteiger partial charge in [0.1, 0.15) is 0 Å². The molecule has 3 heteroatoms. The number of hydrogen-bond acceptors (Lipinski definition) is 3. The molecule has 1 aromatic carbocycles. The average molecular weight is 279 g/mol. The van der Waals surface area contributed by atoms with Gasteiger partial charge in [0.15, 0.2) is 11.5 Å². The van der Waals surface area contributed by atoms with Crippen molar-refractivity contribution in [2.45, 2.75) is 53.0 Å². The van der Waals surface area contributed by atoms with Gasteiger partial charge in [0, 0.05) is 12.1 Å². The summed E-state index contributed by atoms with van der Waals surface area (Å²) in [6.45, 7) is 11.6. The minimum absolute atomic E-state index is 0.00555. The van der Waals surface area contributed by atoms with E-state index in [1.54, 1.807) is 6.07 Å². The molecule has 0 saturated carbocycles. The van der Waals surface area contributed by atoms with Crippen LogP contribution in [0.3, 0.4) is 0 Å². The average Bonchev–Trinajstić information content (AvgIpc) is 2.20. The Morgan fingerprint density at radius 1 is 1.00 bits per heavy atom. The van der Waals surface area contributed by atoms with Crippen molar-refractivity contribution in [1.29, 1.82) is 0 Å². The first-order valence-corrected chi connectivity index (χ1v) is 7.12. The van der Waals surface area contributed by atoms with Crippen molar-refractivity contribution in [2.24, 2.45) is 5.41 Å². The Bertz CT molecular complexity index is 471. The molecule has 0 heterocycles. The van der Waals surface area contributed by atoms with Gasteiger partial charge in [-0.3, -0.25) is 0 Å². The first kappa shape index (κ1) is 16.8. The van der Waals surface area contributed by atoms with E-state index >= 15 is 0 Å². The predicted octanol–water partition coefficient (Wildman–Crippen LogP) is 3.87. The maximum atomic E-state index is 9.99. The fraction of sp³-hybridized carbons (Fsp3) is 0.647. The van der Waals surface area contributed by atoms with Gasteiger partial charge in [-0.15, -0.1) is 0 Å². The Labute approximate surface area is 123 Å². The number of phenols is 2. The van der Waals surface area contributed by atoms with Crippen LogP contribution in [0, 0.1) is 5.41 Å². The second kappa shape index (κ2) is 5.65. The Kier molecular flexibility index (Phi) is 4.75. The van der Waals surface area contributed by atoms with Gasteiger partial charge in [0.2, 0.25) is 0 Å². The molecule has 0 bridgehead atoms. The second-order valence-corrected chi connectivity index (χ2v) is 7.86. The van der Waals surface area contributed by atoms with Crippen LogP contribution in [0.25, 0.3) is 0 Å². The molecular formula is C17H29NO2. The quantitative estimate of drug-likeness (QED) is 0.822. The largest absolute Gasteiger partial charge is 0.504 e. The minimum Gasteiger partial charge on any atom is -0.504 e. The molecule has 2 N–H and O–H groups in total. The van der Waals surface area contributed by atoms with Crippen molar-refractivity contribution in [3.05, 3.63) is 23.3 Å². The summed E-state index contributed by atoms with van der Waals surface area (Å²) in [5.41, 5.74) is 2.00. The lowest BCUT2D eigenvalue weighted by Gasteiger charge is -2.33. The zero-order valence-electron chi connectivity index (χ0n) is 13.9. The van der Waals surface area contributed by atoms with Crippen molar-refractivity contribution in [1.82, 2.24) is 4.90 Å². The molecule has 0 atom stereocenters. The maximum absolute atomic E-state index is 9.99. The monoisotopic (exact) mass is 279 g/mol. The number of nitrogens with zero attached hydrogens (tertiary/aromatic N) is 1. The Morgan fingerprint density at radius 2 is 1.55 bits per heavy atom. The van der Waals surface area contributed by atoms with Gasteiger partial charge in [0.25, 0.3) is 0 Å². The zero-order chi connectivity index (χ0) is 15.7. The minimum atomic E-state index is -0.0511. The van der Waals surface area contributed by atoms with Crippen LogP contribution in [0.1, 0.15) is 52.2 Å². The number of aromatic hydroxyl groups is 2. The van der Waals surface area contributed by atoms with Gasteiger partial charge in [-0.05, 0) is 49.0 Å². The van der Waals surface area contributed by atoms with Crippen LogP contribution < -0.4 is 0 Å². The lowest BCUT2D eigenvalue weighted by Crippen LogP contribution is -2.25. The highest BCUT2D eigenvalue weighted by atomic mass is 16.3. The van der Waals surface area contributed by atoms with E-state index in [1.807, 2.05) is 25.1 Å². The molecule has 0 fully saturated rings. The highest BCUT2D eigenvalue weighted by Crippen LogP contribution is 2.40. The molecule has 0 aromatic heterocycles. The molecule has 0 saturated heterocycles. The SMILES string of the molecule is CN(C)Cc1cc(C(C)(C)CC(C)(C)C)cc(O)c1O. The van der Waals surface area contributed by atoms with Crippen LogP contribution in [-0.2, 0) is 12.0 Å². The number of benzene rings is 1. The van der Waals surface area contributed by atoms with E-state index in [0.717, 1.165) is 17.5 Å². The smallest absolute Gasteiger partial charge is 0.162 e. The lowest BCUT2D eigenvalue weighted by atomic mass is 9.72. The maximum Gasteiger partial charge on any atom is 0.162 e. The summed E-state index contributed by atoms with van der Waals surface area (Å²) in [5.74, 6) is -0.0321. The number of phenolic OH excluding ortho intramolecular Hbond substituents is 2. The molecule has 1 rings (SSSR count). The van der Waals surface area contributed by atoms with Gasteiger partial charge >= 0.3 is 0 Å². The normalized spacial score (nSPS) is 13.0. The topological polar surface area (TPSA) is 43.7 Å². The first-order valence-electron chi connectivity index (χ1n) is 7.12. The molecule has 1 aromatic rings. The van der Waals surface area contributed by atoms with Gasteiger partial charge < -0.3 is 15.1 Å². The number of hydrogen-bond donors (Lipinski definition) is 2. The van der Waals surface area contributed by atoms with Crippen LogP contribution >= 0.6 is 0 Å². The Hall–Kier alpha value is -1.22. The van der Waals surface area contributed by atoms with Crippen LogP contribution in [0.4, 0.5) is 0 Å². The summed E-state index contributed by atoms with van der Waals surface area (Å²) in [5, 5.41) is 20.0. The molecule has 0 aliphatic rings. The Balaban J connectivity index is 3.22. The molecule has 0 aliphatic carbocycles. The fourth-order valence-corrected chi connectivity index (χ4v) is 2.96. The van der Waals surface area contributed by atoms with E-state index in [0.29, 0.717) is 6.54 Å². The van der Waals surface area contributed by atoms with Crippen LogP contribution in [0.2, 0.25) is 0 Å². The molecule has 20 heavy (non-hydrogen) atoms. The van der Waals surface area contributed by atoms with E-state index in [1.165, 1.54) is 0 Å². The molecule has 0 amide bonds. The lowest BCUT2D eigenvalue weighted by molar-refractivity contribution is 0.282. The first-order chi connectivity index (χ1) is 8.92. The van der Waals surface area contributed by atoms with E-state index < -0.39 is 0 Å². The van der Waals surface area contributed by atoms with Gasteiger partial charge in [-0.1, -0.05) is 34.6 Å². The highest BCUT2D eigenvalue weighted by molar-refractivity contribution is 5.49.